The Bertz CT molecular complexity index is 1370. The molecule has 0 fully saturated rings. The molecule has 2 heterocycles. The highest BCUT2D eigenvalue weighted by Gasteiger charge is 2.32. The van der Waals surface area contributed by atoms with Gasteiger partial charge in [0.1, 0.15) is 21.4 Å². The molecule has 0 bridgehead atoms. The number of carbonyl (C=O) groups excluding carboxylic acids is 1. The fourth-order valence-electron chi connectivity index (χ4n) is 4.62. The van der Waals surface area contributed by atoms with Crippen LogP contribution >= 0.6 is 0 Å². The Balaban J connectivity index is 1.50. The number of aromatic nitrogens is 1. The molecule has 0 saturated carbocycles. The van der Waals surface area contributed by atoms with Gasteiger partial charge >= 0.3 is 0 Å². The van der Waals surface area contributed by atoms with Gasteiger partial charge in [0.25, 0.3) is 5.91 Å². The lowest BCUT2D eigenvalue weighted by atomic mass is 9.91. The van der Waals surface area contributed by atoms with E-state index in [-0.39, 0.29) is 28.2 Å². The van der Waals surface area contributed by atoms with Crippen LogP contribution in [-0.4, -0.2) is 27.8 Å². The first-order valence-corrected chi connectivity index (χ1v) is 13.3. The van der Waals surface area contributed by atoms with Gasteiger partial charge in [-0.05, 0) is 61.4 Å². The monoisotopic (exact) mass is 516 g/mol. The Hall–Kier alpha value is -3.24. The second-order valence-electron chi connectivity index (χ2n) is 9.20. The van der Waals surface area contributed by atoms with E-state index >= 15 is 0 Å². The zero-order valence-corrected chi connectivity index (χ0v) is 21.3. The maximum absolute atomic E-state index is 13.6. The largest absolute Gasteiger partial charge is 0.497 e. The standard InChI is InChI=1S/C26H30F2N4O3S/c1-16(4-5-17-6-9-19(35-3)10-7-17)23-13-11-20-24(36(29,34)31-23)15-32(2)25(20)26(33)30-18-8-12-21(27)22(28)14-18/h6-10,12,14-16,23H,4-5,11,13H2,1-3H3,(H,30,33)(H2,29,31,34)/t16-,23+,36?/m0/s1. The highest BCUT2D eigenvalue weighted by Crippen LogP contribution is 2.31. The molecule has 4 rings (SSSR count). The molecule has 1 aliphatic rings. The predicted octanol–water partition coefficient (Wildman–Crippen LogP) is 5.06. The zero-order chi connectivity index (χ0) is 26.0. The Labute approximate surface area is 210 Å². The molecule has 1 unspecified atom stereocenters. The van der Waals surface area contributed by atoms with E-state index in [1.165, 1.54) is 16.2 Å². The average Bonchev–Trinajstić information content (AvgIpc) is 3.13. The number of carbonyl (C=O) groups is 1. The first-order chi connectivity index (χ1) is 17.1. The van der Waals surface area contributed by atoms with Crippen LogP contribution in [0.15, 0.2) is 53.6 Å². The molecule has 0 aliphatic carbocycles. The number of benzene rings is 2. The second-order valence-corrected chi connectivity index (χ2v) is 11.0. The van der Waals surface area contributed by atoms with E-state index in [9.17, 15) is 17.8 Å². The zero-order valence-electron chi connectivity index (χ0n) is 20.4. The first-order valence-electron chi connectivity index (χ1n) is 11.7. The van der Waals surface area contributed by atoms with Gasteiger partial charge in [0.2, 0.25) is 0 Å². The van der Waals surface area contributed by atoms with Crippen LogP contribution in [0.5, 0.6) is 5.75 Å². The molecule has 1 aliphatic heterocycles. The Kier molecular flexibility index (Phi) is 7.46. The molecule has 3 atom stereocenters. The number of rotatable bonds is 7. The van der Waals surface area contributed by atoms with Crippen LogP contribution in [0.1, 0.15) is 41.4 Å². The SMILES string of the molecule is COc1ccc(CC[C@H](C)[C@H]2CCc3c(cn(C)c3C(=O)Nc3ccc(F)c(F)c3)S(=N)(=O)N2)cc1. The van der Waals surface area contributed by atoms with Crippen LogP contribution in [-0.2, 0) is 29.8 Å². The summed E-state index contributed by atoms with van der Waals surface area (Å²) in [7, 11) is -0.0960. The molecule has 1 amide bonds. The van der Waals surface area contributed by atoms with Crippen molar-refractivity contribution in [2.45, 2.75) is 43.5 Å². The van der Waals surface area contributed by atoms with E-state index < -0.39 is 27.5 Å². The average molecular weight is 517 g/mol. The summed E-state index contributed by atoms with van der Waals surface area (Å²) in [5, 5.41) is 2.58. The van der Waals surface area contributed by atoms with Gasteiger partial charge in [-0.2, -0.15) is 0 Å². The van der Waals surface area contributed by atoms with Gasteiger partial charge in [-0.25, -0.2) is 22.5 Å². The van der Waals surface area contributed by atoms with Gasteiger partial charge in [0.05, 0.1) is 12.0 Å². The van der Waals surface area contributed by atoms with E-state index in [4.69, 9.17) is 9.52 Å². The normalized spacial score (nSPS) is 20.3. The molecule has 0 spiro atoms. The van der Waals surface area contributed by atoms with Crippen molar-refractivity contribution in [2.75, 3.05) is 12.4 Å². The molecule has 192 valence electrons. The molecule has 10 heteroatoms. The molecule has 3 N–H and O–H groups in total. The molecule has 0 radical (unpaired) electrons. The highest BCUT2D eigenvalue weighted by atomic mass is 32.2. The van der Waals surface area contributed by atoms with Crippen molar-refractivity contribution in [1.82, 2.24) is 9.29 Å². The van der Waals surface area contributed by atoms with Crippen molar-refractivity contribution in [3.63, 3.8) is 0 Å². The van der Waals surface area contributed by atoms with Crippen LogP contribution in [0, 0.1) is 22.3 Å². The van der Waals surface area contributed by atoms with E-state index in [1.807, 2.05) is 24.3 Å². The third-order valence-electron chi connectivity index (χ3n) is 6.71. The number of hydrogen-bond acceptors (Lipinski definition) is 4. The third kappa shape index (κ3) is 5.44. The number of amides is 1. The second kappa shape index (κ2) is 10.4. The minimum Gasteiger partial charge on any atom is -0.497 e. The fraction of sp³-hybridized carbons (Fsp3) is 0.346. The van der Waals surface area contributed by atoms with Crippen molar-refractivity contribution in [2.24, 2.45) is 13.0 Å². The number of fused-ring (bicyclic) bond motifs is 1. The molecule has 1 aromatic heterocycles. The van der Waals surface area contributed by atoms with Gasteiger partial charge in [-0.1, -0.05) is 19.1 Å². The van der Waals surface area contributed by atoms with Crippen molar-refractivity contribution >= 4 is 21.5 Å². The van der Waals surface area contributed by atoms with E-state index in [0.717, 1.165) is 30.7 Å². The molecule has 2 aromatic carbocycles. The van der Waals surface area contributed by atoms with Crippen LogP contribution < -0.4 is 14.8 Å². The van der Waals surface area contributed by atoms with Crippen LogP contribution in [0.4, 0.5) is 14.5 Å². The molecular weight excluding hydrogens is 486 g/mol. The van der Waals surface area contributed by atoms with E-state index in [2.05, 4.69) is 17.0 Å². The maximum Gasteiger partial charge on any atom is 0.272 e. The van der Waals surface area contributed by atoms with Gasteiger partial charge in [0.15, 0.2) is 11.6 Å². The van der Waals surface area contributed by atoms with E-state index in [1.54, 1.807) is 20.4 Å². The lowest BCUT2D eigenvalue weighted by Gasteiger charge is -2.24. The molecular formula is C26H30F2N4O3S. The van der Waals surface area contributed by atoms with Gasteiger partial charge < -0.3 is 14.6 Å². The summed E-state index contributed by atoms with van der Waals surface area (Å²) in [6, 6.07) is 10.8. The Morgan fingerprint density at radius 1 is 1.25 bits per heavy atom. The molecule has 36 heavy (non-hydrogen) atoms. The summed E-state index contributed by atoms with van der Waals surface area (Å²) in [6.07, 6.45) is 4.26. The number of nitrogens with zero attached hydrogens (tertiary/aromatic N) is 1. The summed E-state index contributed by atoms with van der Waals surface area (Å²) >= 11 is 0. The highest BCUT2D eigenvalue weighted by molar-refractivity contribution is 7.90. The number of ether oxygens (including phenoxy) is 1. The fourth-order valence-corrected chi connectivity index (χ4v) is 6.38. The molecule has 0 saturated heterocycles. The van der Waals surface area contributed by atoms with Gasteiger partial charge in [-0.3, -0.25) is 4.79 Å². The lowest BCUT2D eigenvalue weighted by molar-refractivity contribution is 0.101. The van der Waals surface area contributed by atoms with Crippen LogP contribution in [0.2, 0.25) is 0 Å². The summed E-state index contributed by atoms with van der Waals surface area (Å²) in [5.41, 5.74) is 2.07. The minimum absolute atomic E-state index is 0.109. The number of anilines is 1. The quantitative estimate of drug-likeness (QED) is 0.410. The number of hydrogen-bond donors (Lipinski definition) is 3. The predicted molar refractivity (Wildman–Crippen MR) is 135 cm³/mol. The summed E-state index contributed by atoms with van der Waals surface area (Å²) in [6.45, 7) is 2.07. The van der Waals surface area contributed by atoms with E-state index in [0.29, 0.717) is 18.4 Å². The van der Waals surface area contributed by atoms with Crippen molar-refractivity contribution in [1.29, 1.82) is 4.78 Å². The van der Waals surface area contributed by atoms with Crippen LogP contribution in [0.25, 0.3) is 0 Å². The smallest absolute Gasteiger partial charge is 0.272 e. The molecule has 3 aromatic rings. The lowest BCUT2D eigenvalue weighted by Crippen LogP contribution is -2.37. The summed E-state index contributed by atoms with van der Waals surface area (Å²) in [4.78, 5) is 13.4. The minimum atomic E-state index is -3.36. The first kappa shape index (κ1) is 25.8. The Morgan fingerprint density at radius 2 is 1.97 bits per heavy atom. The number of methoxy groups -OCH3 is 1. The number of halogens is 2. The van der Waals surface area contributed by atoms with Gasteiger partial charge in [-0.15, -0.1) is 0 Å². The van der Waals surface area contributed by atoms with Crippen molar-refractivity contribution in [3.8, 4) is 5.75 Å². The summed E-state index contributed by atoms with van der Waals surface area (Å²) in [5.74, 6) is -1.67. The number of aryl methyl sites for hydroxylation is 2. The third-order valence-corrected chi connectivity index (χ3v) is 8.31. The van der Waals surface area contributed by atoms with Crippen molar-refractivity contribution in [3.05, 3.63) is 77.1 Å². The topological polar surface area (TPSA) is 96.2 Å². The Morgan fingerprint density at radius 3 is 2.64 bits per heavy atom. The van der Waals surface area contributed by atoms with Crippen LogP contribution in [0.3, 0.4) is 0 Å². The number of nitrogens with one attached hydrogen (secondary N) is 3. The maximum atomic E-state index is 13.6. The van der Waals surface area contributed by atoms with Crippen molar-refractivity contribution < 1.29 is 22.5 Å². The van der Waals surface area contributed by atoms with Gasteiger partial charge in [0, 0.05) is 36.6 Å². The molecule has 7 nitrogen and oxygen atoms in total. The summed E-state index contributed by atoms with van der Waals surface area (Å²) < 4.78 is 58.7.